The fraction of sp³-hybridized carbons (Fsp3) is 0.769. The monoisotopic (exact) mass is 273 g/mol. The van der Waals surface area contributed by atoms with Crippen LogP contribution in [-0.4, -0.2) is 35.6 Å². The number of ether oxygens (including phenoxy) is 1. The highest BCUT2D eigenvalue weighted by Crippen LogP contribution is 2.08. The van der Waals surface area contributed by atoms with Gasteiger partial charge in [-0.1, -0.05) is 19.3 Å². The molecule has 0 saturated heterocycles. The lowest BCUT2D eigenvalue weighted by atomic mass is 10.1. The fourth-order valence-electron chi connectivity index (χ4n) is 1.71. The molecule has 0 radical (unpaired) electrons. The third-order valence-electron chi connectivity index (χ3n) is 2.60. The molecule has 0 aromatic carbocycles. The van der Waals surface area contributed by atoms with Crippen molar-refractivity contribution in [3.8, 4) is 0 Å². The standard InChI is InChI=1S/C13H23NO5/c1-3-19-12(16)9-7-5-4-6-8-11(13(17)18)14-10(2)15/h11H,3-9H2,1-2H3,(H,14,15)(H,17,18). The van der Waals surface area contributed by atoms with Crippen molar-refractivity contribution in [2.24, 2.45) is 0 Å². The van der Waals surface area contributed by atoms with Crippen LogP contribution in [0.1, 0.15) is 52.4 Å². The Morgan fingerprint density at radius 1 is 1.16 bits per heavy atom. The van der Waals surface area contributed by atoms with Crippen LogP contribution in [0, 0.1) is 0 Å². The van der Waals surface area contributed by atoms with Crippen LogP contribution in [0.4, 0.5) is 0 Å². The molecule has 19 heavy (non-hydrogen) atoms. The highest BCUT2D eigenvalue weighted by atomic mass is 16.5. The van der Waals surface area contributed by atoms with Gasteiger partial charge in [0.15, 0.2) is 0 Å². The highest BCUT2D eigenvalue weighted by molar-refractivity contribution is 5.81. The number of rotatable bonds is 10. The van der Waals surface area contributed by atoms with E-state index in [1.54, 1.807) is 6.92 Å². The first kappa shape index (κ1) is 17.4. The molecule has 0 fully saturated rings. The summed E-state index contributed by atoms with van der Waals surface area (Å²) in [5.74, 6) is -1.54. The average molecular weight is 273 g/mol. The third-order valence-corrected chi connectivity index (χ3v) is 2.60. The summed E-state index contributed by atoms with van der Waals surface area (Å²) in [6.45, 7) is 3.47. The Hall–Kier alpha value is -1.59. The molecule has 0 spiro atoms. The summed E-state index contributed by atoms with van der Waals surface area (Å²) in [5, 5.41) is 11.3. The first-order valence-corrected chi connectivity index (χ1v) is 6.63. The molecular formula is C13H23NO5. The van der Waals surface area contributed by atoms with Crippen LogP contribution in [0.5, 0.6) is 0 Å². The first-order valence-electron chi connectivity index (χ1n) is 6.63. The second-order valence-electron chi connectivity index (χ2n) is 4.35. The Kier molecular flexibility index (Phi) is 9.48. The highest BCUT2D eigenvalue weighted by Gasteiger charge is 2.17. The summed E-state index contributed by atoms with van der Waals surface area (Å²) in [6.07, 6.45) is 3.96. The maximum absolute atomic E-state index is 11.0. The van der Waals surface area contributed by atoms with E-state index < -0.39 is 12.0 Å². The van der Waals surface area contributed by atoms with Crippen molar-refractivity contribution in [3.05, 3.63) is 0 Å². The van der Waals surface area contributed by atoms with Crippen molar-refractivity contribution >= 4 is 17.8 Å². The zero-order valence-electron chi connectivity index (χ0n) is 11.6. The average Bonchev–Trinajstić information content (AvgIpc) is 2.31. The molecule has 0 aliphatic heterocycles. The molecule has 1 unspecified atom stereocenters. The maximum Gasteiger partial charge on any atom is 0.326 e. The van der Waals surface area contributed by atoms with Gasteiger partial charge in [-0.3, -0.25) is 9.59 Å². The Morgan fingerprint density at radius 3 is 2.32 bits per heavy atom. The van der Waals surface area contributed by atoms with Gasteiger partial charge in [0, 0.05) is 13.3 Å². The van der Waals surface area contributed by atoms with E-state index >= 15 is 0 Å². The van der Waals surface area contributed by atoms with Gasteiger partial charge in [0.1, 0.15) is 6.04 Å². The van der Waals surface area contributed by atoms with E-state index in [9.17, 15) is 14.4 Å². The van der Waals surface area contributed by atoms with Crippen LogP contribution in [0.3, 0.4) is 0 Å². The zero-order valence-corrected chi connectivity index (χ0v) is 11.6. The van der Waals surface area contributed by atoms with E-state index in [2.05, 4.69) is 5.32 Å². The molecule has 1 atom stereocenters. The van der Waals surface area contributed by atoms with Gasteiger partial charge in [-0.15, -0.1) is 0 Å². The molecule has 0 aromatic rings. The molecule has 0 rings (SSSR count). The molecule has 1 amide bonds. The van der Waals surface area contributed by atoms with Crippen LogP contribution in [0.2, 0.25) is 0 Å². The van der Waals surface area contributed by atoms with Gasteiger partial charge >= 0.3 is 11.9 Å². The lowest BCUT2D eigenvalue weighted by Gasteiger charge is -2.12. The van der Waals surface area contributed by atoms with Crippen LogP contribution < -0.4 is 5.32 Å². The molecule has 2 N–H and O–H groups in total. The number of unbranched alkanes of at least 4 members (excludes halogenated alkanes) is 3. The molecular weight excluding hydrogens is 250 g/mol. The number of hydrogen-bond acceptors (Lipinski definition) is 4. The zero-order chi connectivity index (χ0) is 14.7. The summed E-state index contributed by atoms with van der Waals surface area (Å²) in [6, 6.07) is -0.817. The quantitative estimate of drug-likeness (QED) is 0.464. The van der Waals surface area contributed by atoms with E-state index in [1.165, 1.54) is 6.92 Å². The van der Waals surface area contributed by atoms with Gasteiger partial charge in [-0.05, 0) is 19.8 Å². The Labute approximate surface area is 113 Å². The summed E-state index contributed by atoms with van der Waals surface area (Å²) in [5.41, 5.74) is 0. The summed E-state index contributed by atoms with van der Waals surface area (Å²) in [4.78, 5) is 32.7. The van der Waals surface area contributed by atoms with Gasteiger partial charge in [-0.2, -0.15) is 0 Å². The molecule has 6 heteroatoms. The normalized spacial score (nSPS) is 11.7. The summed E-state index contributed by atoms with van der Waals surface area (Å²) < 4.78 is 4.80. The van der Waals surface area contributed by atoms with Crippen LogP contribution >= 0.6 is 0 Å². The number of carbonyl (C=O) groups excluding carboxylic acids is 2. The Morgan fingerprint density at radius 2 is 1.79 bits per heavy atom. The predicted octanol–water partition coefficient (Wildman–Crippen LogP) is 1.48. The van der Waals surface area contributed by atoms with E-state index in [0.717, 1.165) is 19.3 Å². The van der Waals surface area contributed by atoms with Gasteiger partial charge < -0.3 is 15.2 Å². The van der Waals surface area contributed by atoms with Crippen molar-refractivity contribution in [1.82, 2.24) is 5.32 Å². The molecule has 0 aliphatic carbocycles. The number of esters is 1. The van der Waals surface area contributed by atoms with E-state index in [1.807, 2.05) is 0 Å². The molecule has 6 nitrogen and oxygen atoms in total. The minimum atomic E-state index is -1.01. The second-order valence-corrected chi connectivity index (χ2v) is 4.35. The number of carboxylic acid groups (broad SMARTS) is 1. The van der Waals surface area contributed by atoms with Crippen molar-refractivity contribution in [2.45, 2.75) is 58.4 Å². The largest absolute Gasteiger partial charge is 0.480 e. The molecule has 0 aromatic heterocycles. The topological polar surface area (TPSA) is 92.7 Å². The van der Waals surface area contributed by atoms with E-state index in [-0.39, 0.29) is 11.9 Å². The molecule has 0 bridgehead atoms. The first-order chi connectivity index (χ1) is 8.97. The SMILES string of the molecule is CCOC(=O)CCCCCCC(NC(C)=O)C(=O)O. The Bertz CT molecular complexity index is 303. The maximum atomic E-state index is 11.0. The lowest BCUT2D eigenvalue weighted by Crippen LogP contribution is -2.39. The summed E-state index contributed by atoms with van der Waals surface area (Å²) >= 11 is 0. The van der Waals surface area contributed by atoms with Gasteiger partial charge in [-0.25, -0.2) is 4.79 Å². The van der Waals surface area contributed by atoms with E-state index in [0.29, 0.717) is 25.9 Å². The Balaban J connectivity index is 3.63. The van der Waals surface area contributed by atoms with Gasteiger partial charge in [0.2, 0.25) is 5.91 Å². The lowest BCUT2D eigenvalue weighted by molar-refractivity contribution is -0.143. The van der Waals surface area contributed by atoms with Crippen molar-refractivity contribution in [2.75, 3.05) is 6.61 Å². The molecule has 110 valence electrons. The second kappa shape index (κ2) is 10.3. The van der Waals surface area contributed by atoms with E-state index in [4.69, 9.17) is 9.84 Å². The smallest absolute Gasteiger partial charge is 0.326 e. The van der Waals surface area contributed by atoms with Gasteiger partial charge in [0.25, 0.3) is 0 Å². The number of hydrogen-bond donors (Lipinski definition) is 2. The molecule has 0 heterocycles. The minimum absolute atomic E-state index is 0.191. The number of carboxylic acids is 1. The van der Waals surface area contributed by atoms with Gasteiger partial charge in [0.05, 0.1) is 6.61 Å². The third kappa shape index (κ3) is 10.1. The number of aliphatic carboxylic acids is 1. The van der Waals surface area contributed by atoms with Crippen molar-refractivity contribution in [1.29, 1.82) is 0 Å². The number of nitrogens with one attached hydrogen (secondary N) is 1. The summed E-state index contributed by atoms with van der Waals surface area (Å²) in [7, 11) is 0. The van der Waals surface area contributed by atoms with Crippen LogP contribution in [-0.2, 0) is 19.1 Å². The molecule has 0 saturated carbocycles. The number of carbonyl (C=O) groups is 3. The van der Waals surface area contributed by atoms with Crippen molar-refractivity contribution < 1.29 is 24.2 Å². The van der Waals surface area contributed by atoms with Crippen LogP contribution in [0.15, 0.2) is 0 Å². The molecule has 0 aliphatic rings. The van der Waals surface area contributed by atoms with Crippen molar-refractivity contribution in [3.63, 3.8) is 0 Å². The van der Waals surface area contributed by atoms with Crippen LogP contribution in [0.25, 0.3) is 0 Å². The predicted molar refractivity (Wildman–Crippen MR) is 69.6 cm³/mol. The number of amides is 1. The minimum Gasteiger partial charge on any atom is -0.480 e. The fourth-order valence-corrected chi connectivity index (χ4v) is 1.71.